The number of rotatable bonds is 2. The molecule has 0 fully saturated rings. The summed E-state index contributed by atoms with van der Waals surface area (Å²) < 4.78 is 11.6. The third-order valence-corrected chi connectivity index (χ3v) is 5.34. The Kier molecular flexibility index (Phi) is 3.26. The lowest BCUT2D eigenvalue weighted by Crippen LogP contribution is -2.26. The molecular formula is C18H18N2OS. The van der Waals surface area contributed by atoms with Crippen molar-refractivity contribution < 1.29 is 4.21 Å². The first kappa shape index (κ1) is 13.6. The molecule has 2 aliphatic rings. The topological polar surface area (TPSA) is 41.1 Å². The van der Waals surface area contributed by atoms with Gasteiger partial charge in [0.05, 0.1) is 6.04 Å². The lowest BCUT2D eigenvalue weighted by molar-refractivity contribution is 0.687. The van der Waals surface area contributed by atoms with Crippen molar-refractivity contribution in [3.05, 3.63) is 58.5 Å². The van der Waals surface area contributed by atoms with Crippen molar-refractivity contribution in [1.82, 2.24) is 5.32 Å². The molecule has 0 spiro atoms. The molecule has 2 unspecified atom stereocenters. The normalized spacial score (nSPS) is 20.2. The minimum atomic E-state index is -0.927. The number of benzene rings is 2. The molecule has 2 aromatic rings. The van der Waals surface area contributed by atoms with Crippen LogP contribution in [0.1, 0.15) is 18.0 Å². The third kappa shape index (κ3) is 2.15. The maximum atomic E-state index is 11.6. The fraction of sp³-hybridized carbons (Fsp3) is 0.222. The standard InChI is InChI=1S/C18H18N2OS/c1-22(21)14-7-5-12(6-8-14)18-15-9-10-19-11-13-3-2-4-16(20-18)17(13)15/h2-8,11,18-20H,9-10H2,1H3. The summed E-state index contributed by atoms with van der Waals surface area (Å²) in [5.74, 6) is 0. The monoisotopic (exact) mass is 310 g/mol. The summed E-state index contributed by atoms with van der Waals surface area (Å²) in [4.78, 5) is 0.876. The van der Waals surface area contributed by atoms with Gasteiger partial charge in [-0.3, -0.25) is 4.21 Å². The fourth-order valence-electron chi connectivity index (χ4n) is 3.35. The second-order valence-electron chi connectivity index (χ2n) is 5.74. The Labute approximate surface area is 132 Å². The second kappa shape index (κ2) is 5.29. The van der Waals surface area contributed by atoms with Gasteiger partial charge in [-0.1, -0.05) is 24.3 Å². The zero-order chi connectivity index (χ0) is 15.1. The Morgan fingerprint density at radius 2 is 1.95 bits per heavy atom. The van der Waals surface area contributed by atoms with Gasteiger partial charge in [0.15, 0.2) is 0 Å². The van der Waals surface area contributed by atoms with Gasteiger partial charge in [-0.15, -0.1) is 0 Å². The predicted molar refractivity (Wildman–Crippen MR) is 91.3 cm³/mol. The van der Waals surface area contributed by atoms with Crippen LogP contribution in [0.5, 0.6) is 0 Å². The van der Waals surface area contributed by atoms with Gasteiger partial charge in [0.25, 0.3) is 0 Å². The van der Waals surface area contributed by atoms with Gasteiger partial charge in [-0.25, -0.2) is 0 Å². The van der Waals surface area contributed by atoms with E-state index in [1.54, 1.807) is 6.26 Å². The molecule has 2 aromatic carbocycles. The number of hydrogen-bond donors (Lipinski definition) is 2. The van der Waals surface area contributed by atoms with Crippen LogP contribution in [0.2, 0.25) is 0 Å². The van der Waals surface area contributed by atoms with E-state index in [0.29, 0.717) is 0 Å². The molecular weight excluding hydrogens is 292 g/mol. The summed E-state index contributed by atoms with van der Waals surface area (Å²) in [5.41, 5.74) is 3.88. The van der Waals surface area contributed by atoms with Crippen molar-refractivity contribution in [3.63, 3.8) is 0 Å². The van der Waals surface area contributed by atoms with E-state index in [9.17, 15) is 4.21 Å². The van der Waals surface area contributed by atoms with Crippen LogP contribution in [0.4, 0.5) is 5.69 Å². The zero-order valence-corrected chi connectivity index (χ0v) is 13.2. The van der Waals surface area contributed by atoms with E-state index < -0.39 is 10.8 Å². The van der Waals surface area contributed by atoms with Crippen LogP contribution in [0.25, 0.3) is 11.8 Å². The van der Waals surface area contributed by atoms with E-state index in [-0.39, 0.29) is 6.04 Å². The van der Waals surface area contributed by atoms with Gasteiger partial charge in [0, 0.05) is 45.6 Å². The summed E-state index contributed by atoms with van der Waals surface area (Å²) >= 11 is 0. The smallest absolute Gasteiger partial charge is 0.0737 e. The van der Waals surface area contributed by atoms with E-state index in [1.165, 1.54) is 27.3 Å². The molecule has 112 valence electrons. The van der Waals surface area contributed by atoms with E-state index in [2.05, 4.69) is 47.2 Å². The summed E-state index contributed by atoms with van der Waals surface area (Å²) in [5, 5.41) is 9.63. The lowest BCUT2D eigenvalue weighted by Gasteiger charge is -2.17. The van der Waals surface area contributed by atoms with E-state index in [1.807, 2.05) is 12.1 Å². The molecule has 0 saturated carbocycles. The maximum absolute atomic E-state index is 11.6. The summed E-state index contributed by atoms with van der Waals surface area (Å²) in [7, 11) is -0.927. The summed E-state index contributed by atoms with van der Waals surface area (Å²) in [6.45, 7) is 0.957. The van der Waals surface area contributed by atoms with Crippen LogP contribution in [0.15, 0.2) is 47.4 Å². The average Bonchev–Trinajstić information content (AvgIpc) is 2.76. The number of anilines is 1. The van der Waals surface area contributed by atoms with Crippen LogP contribution in [0, 0.1) is 0 Å². The molecule has 2 aliphatic heterocycles. The van der Waals surface area contributed by atoms with Crippen molar-refractivity contribution in [1.29, 1.82) is 0 Å². The minimum absolute atomic E-state index is 0.212. The quantitative estimate of drug-likeness (QED) is 0.883. The molecule has 2 atom stereocenters. The van der Waals surface area contributed by atoms with E-state index >= 15 is 0 Å². The molecule has 2 heterocycles. The Bertz CT molecular complexity index is 871. The van der Waals surface area contributed by atoms with Crippen LogP contribution < -0.4 is 21.1 Å². The molecule has 0 radical (unpaired) electrons. The van der Waals surface area contributed by atoms with Gasteiger partial charge < -0.3 is 10.6 Å². The van der Waals surface area contributed by atoms with Gasteiger partial charge in [0.2, 0.25) is 0 Å². The fourth-order valence-corrected chi connectivity index (χ4v) is 3.87. The number of nitrogens with one attached hydrogen (secondary N) is 2. The first-order chi connectivity index (χ1) is 10.7. The first-order valence-corrected chi connectivity index (χ1v) is 9.05. The summed E-state index contributed by atoms with van der Waals surface area (Å²) in [6.07, 6.45) is 4.85. The molecule has 0 aromatic heterocycles. The number of hydrogen-bond acceptors (Lipinski definition) is 3. The SMILES string of the molecule is CS(=O)c1ccc(C2Nc3cccc4c3=C2CCNC=4)cc1. The molecule has 0 aliphatic carbocycles. The molecule has 0 amide bonds. The molecule has 22 heavy (non-hydrogen) atoms. The molecule has 4 rings (SSSR count). The Hall–Kier alpha value is -2.07. The minimum Gasteiger partial charge on any atom is -0.390 e. The largest absolute Gasteiger partial charge is 0.390 e. The van der Waals surface area contributed by atoms with Gasteiger partial charge in [-0.05, 0) is 41.0 Å². The molecule has 4 heteroatoms. The van der Waals surface area contributed by atoms with Crippen molar-refractivity contribution in [2.45, 2.75) is 17.4 Å². The summed E-state index contributed by atoms with van der Waals surface area (Å²) in [6, 6.07) is 14.7. The van der Waals surface area contributed by atoms with Crippen LogP contribution in [0.3, 0.4) is 0 Å². The van der Waals surface area contributed by atoms with Crippen molar-refractivity contribution in [3.8, 4) is 0 Å². The highest BCUT2D eigenvalue weighted by Gasteiger charge is 2.25. The molecule has 0 saturated heterocycles. The average molecular weight is 310 g/mol. The second-order valence-corrected chi connectivity index (χ2v) is 7.12. The van der Waals surface area contributed by atoms with Crippen molar-refractivity contribution in [2.24, 2.45) is 0 Å². The molecule has 0 bridgehead atoms. The predicted octanol–water partition coefficient (Wildman–Crippen LogP) is 1.47. The van der Waals surface area contributed by atoms with E-state index in [0.717, 1.165) is 17.9 Å². The van der Waals surface area contributed by atoms with Crippen molar-refractivity contribution in [2.75, 3.05) is 18.1 Å². The first-order valence-electron chi connectivity index (χ1n) is 7.49. The Balaban J connectivity index is 1.83. The Morgan fingerprint density at radius 3 is 2.73 bits per heavy atom. The van der Waals surface area contributed by atoms with E-state index in [4.69, 9.17) is 0 Å². The van der Waals surface area contributed by atoms with Gasteiger partial charge >= 0.3 is 0 Å². The van der Waals surface area contributed by atoms with Crippen LogP contribution in [-0.2, 0) is 10.8 Å². The third-order valence-electron chi connectivity index (χ3n) is 4.41. The highest BCUT2D eigenvalue weighted by atomic mass is 32.2. The highest BCUT2D eigenvalue weighted by molar-refractivity contribution is 7.84. The lowest BCUT2D eigenvalue weighted by atomic mass is 9.97. The molecule has 3 nitrogen and oxygen atoms in total. The van der Waals surface area contributed by atoms with Gasteiger partial charge in [0.1, 0.15) is 0 Å². The van der Waals surface area contributed by atoms with Crippen molar-refractivity contribution >= 4 is 28.3 Å². The van der Waals surface area contributed by atoms with Crippen LogP contribution >= 0.6 is 0 Å². The molecule has 2 N–H and O–H groups in total. The Morgan fingerprint density at radius 1 is 1.14 bits per heavy atom. The van der Waals surface area contributed by atoms with Gasteiger partial charge in [-0.2, -0.15) is 0 Å². The maximum Gasteiger partial charge on any atom is 0.0737 e. The zero-order valence-electron chi connectivity index (χ0n) is 12.4. The van der Waals surface area contributed by atoms with Crippen LogP contribution in [-0.4, -0.2) is 17.0 Å². The highest BCUT2D eigenvalue weighted by Crippen LogP contribution is 2.32.